The topological polar surface area (TPSA) is 75.2 Å². The van der Waals surface area contributed by atoms with Crippen molar-refractivity contribution in [3.8, 4) is 0 Å². The first-order valence-corrected chi connectivity index (χ1v) is 10.2. The molecular formula is C19H36F3IN4O3. The van der Waals surface area contributed by atoms with E-state index >= 15 is 0 Å². The van der Waals surface area contributed by atoms with E-state index in [1.165, 1.54) is 0 Å². The van der Waals surface area contributed by atoms with Crippen LogP contribution in [0.25, 0.3) is 0 Å². The molecule has 0 aliphatic carbocycles. The fourth-order valence-corrected chi connectivity index (χ4v) is 2.78. The van der Waals surface area contributed by atoms with Crippen LogP contribution in [-0.2, 0) is 9.47 Å². The van der Waals surface area contributed by atoms with Crippen LogP contribution in [-0.4, -0.2) is 74.2 Å². The summed E-state index contributed by atoms with van der Waals surface area (Å²) in [5.41, 5.74) is -0.518. The third-order valence-electron chi connectivity index (χ3n) is 4.08. The van der Waals surface area contributed by atoms with Crippen LogP contribution in [0.1, 0.15) is 53.4 Å². The van der Waals surface area contributed by atoms with E-state index in [4.69, 9.17) is 9.47 Å². The Morgan fingerprint density at radius 1 is 1.17 bits per heavy atom. The summed E-state index contributed by atoms with van der Waals surface area (Å²) in [5, 5.41) is 5.75. The number of nitrogens with zero attached hydrogens (tertiary/aromatic N) is 2. The molecule has 11 heteroatoms. The molecule has 0 aromatic heterocycles. The lowest BCUT2D eigenvalue weighted by Gasteiger charge is -2.34. The van der Waals surface area contributed by atoms with Gasteiger partial charge in [-0.15, -0.1) is 24.0 Å². The standard InChI is InChI=1S/C19H35F3N4O3.HI/c1-5-23-16(24-11-9-19(20,21)22)26-12-7-15(8-13-26)28-14-6-10-25-17(27)29-18(2,3)4;/h15H,5-14H2,1-4H3,(H,23,24)(H,25,27);1H. The number of piperidine rings is 1. The fraction of sp³-hybridized carbons (Fsp3) is 0.895. The summed E-state index contributed by atoms with van der Waals surface area (Å²) in [6, 6.07) is 0. The highest BCUT2D eigenvalue weighted by Gasteiger charge is 2.27. The van der Waals surface area contributed by atoms with Crippen LogP contribution >= 0.6 is 24.0 Å². The number of alkyl carbamates (subject to hydrolysis) is 1. The predicted octanol–water partition coefficient (Wildman–Crippen LogP) is 3.92. The van der Waals surface area contributed by atoms with E-state index in [1.54, 1.807) is 0 Å². The van der Waals surface area contributed by atoms with E-state index < -0.39 is 24.3 Å². The molecule has 1 rings (SSSR count). The Balaban J connectivity index is 0.00000841. The lowest BCUT2D eigenvalue weighted by Crippen LogP contribution is -2.47. The Bertz CT molecular complexity index is 520. The maximum Gasteiger partial charge on any atom is 0.407 e. The van der Waals surface area contributed by atoms with E-state index in [0.29, 0.717) is 45.2 Å². The molecule has 0 aromatic rings. The average Bonchev–Trinajstić information content (AvgIpc) is 2.59. The Labute approximate surface area is 194 Å². The number of carbonyl (C=O) groups is 1. The van der Waals surface area contributed by atoms with Crippen molar-refractivity contribution < 1.29 is 27.4 Å². The first-order valence-electron chi connectivity index (χ1n) is 10.2. The van der Waals surface area contributed by atoms with Crippen LogP contribution in [0, 0.1) is 0 Å². The maximum absolute atomic E-state index is 12.3. The van der Waals surface area contributed by atoms with Gasteiger partial charge in [0.2, 0.25) is 0 Å². The molecule has 2 N–H and O–H groups in total. The minimum absolute atomic E-state index is 0. The molecule has 1 aliphatic heterocycles. The average molecular weight is 552 g/mol. The van der Waals surface area contributed by atoms with Gasteiger partial charge in [-0.1, -0.05) is 0 Å². The Hall–Kier alpha value is -0.980. The summed E-state index contributed by atoms with van der Waals surface area (Å²) in [7, 11) is 0. The van der Waals surface area contributed by atoms with Crippen molar-refractivity contribution in [3.05, 3.63) is 0 Å². The van der Waals surface area contributed by atoms with Gasteiger partial charge >= 0.3 is 12.3 Å². The zero-order chi connectivity index (χ0) is 21.9. The second kappa shape index (κ2) is 14.2. The summed E-state index contributed by atoms with van der Waals surface area (Å²) in [6.07, 6.45) is -3.20. The van der Waals surface area contributed by atoms with Crippen molar-refractivity contribution in [2.75, 3.05) is 39.3 Å². The molecular weight excluding hydrogens is 516 g/mol. The maximum atomic E-state index is 12.3. The molecule has 1 saturated heterocycles. The molecule has 0 unspecified atom stereocenters. The van der Waals surface area contributed by atoms with Crippen molar-refractivity contribution in [2.24, 2.45) is 4.99 Å². The summed E-state index contributed by atoms with van der Waals surface area (Å²) < 4.78 is 48.0. The van der Waals surface area contributed by atoms with Gasteiger partial charge in [-0.2, -0.15) is 13.2 Å². The molecule has 1 aliphatic rings. The number of amides is 1. The minimum Gasteiger partial charge on any atom is -0.444 e. The first kappa shape index (κ1) is 29.0. The number of hydrogen-bond donors (Lipinski definition) is 2. The summed E-state index contributed by atoms with van der Waals surface area (Å²) >= 11 is 0. The number of likely N-dealkylation sites (tertiary alicyclic amines) is 1. The quantitative estimate of drug-likeness (QED) is 0.207. The summed E-state index contributed by atoms with van der Waals surface area (Å²) in [6.45, 7) is 10.0. The number of carbonyl (C=O) groups excluding carboxylic acids is 1. The van der Waals surface area contributed by atoms with Crippen LogP contribution in [0.4, 0.5) is 18.0 Å². The van der Waals surface area contributed by atoms with E-state index in [2.05, 4.69) is 15.6 Å². The number of hydrogen-bond acceptors (Lipinski definition) is 4. The van der Waals surface area contributed by atoms with Crippen molar-refractivity contribution >= 4 is 36.0 Å². The van der Waals surface area contributed by atoms with Crippen LogP contribution in [0.5, 0.6) is 0 Å². The van der Waals surface area contributed by atoms with Crippen LogP contribution in [0.2, 0.25) is 0 Å². The molecule has 0 radical (unpaired) electrons. The Morgan fingerprint density at radius 3 is 2.33 bits per heavy atom. The molecule has 178 valence electrons. The van der Waals surface area contributed by atoms with Gasteiger partial charge in [-0.25, -0.2) is 4.79 Å². The van der Waals surface area contributed by atoms with Gasteiger partial charge in [0.1, 0.15) is 5.60 Å². The molecule has 7 nitrogen and oxygen atoms in total. The number of nitrogens with one attached hydrogen (secondary N) is 2. The summed E-state index contributed by atoms with van der Waals surface area (Å²) in [5.74, 6) is 0.525. The minimum atomic E-state index is -4.19. The largest absolute Gasteiger partial charge is 0.444 e. The molecule has 0 saturated carbocycles. The van der Waals surface area contributed by atoms with Crippen molar-refractivity contribution in [1.29, 1.82) is 0 Å². The van der Waals surface area contributed by atoms with Gasteiger partial charge in [0, 0.05) is 32.8 Å². The molecule has 0 atom stereocenters. The van der Waals surface area contributed by atoms with Gasteiger partial charge in [0.05, 0.1) is 19.1 Å². The van der Waals surface area contributed by atoms with Crippen LogP contribution < -0.4 is 10.6 Å². The molecule has 0 bridgehead atoms. The van der Waals surface area contributed by atoms with Crippen molar-refractivity contribution in [3.63, 3.8) is 0 Å². The van der Waals surface area contributed by atoms with Crippen LogP contribution in [0.15, 0.2) is 4.99 Å². The Morgan fingerprint density at radius 2 is 1.80 bits per heavy atom. The second-order valence-electron chi connectivity index (χ2n) is 7.94. The monoisotopic (exact) mass is 552 g/mol. The van der Waals surface area contributed by atoms with E-state index in [-0.39, 0.29) is 36.6 Å². The lowest BCUT2D eigenvalue weighted by molar-refractivity contribution is -0.132. The molecule has 30 heavy (non-hydrogen) atoms. The SMILES string of the molecule is CCNC(=NCCC(F)(F)F)N1CCC(OCCCNC(=O)OC(C)(C)C)CC1.I. The van der Waals surface area contributed by atoms with Gasteiger partial charge < -0.3 is 25.0 Å². The lowest BCUT2D eigenvalue weighted by atomic mass is 10.1. The van der Waals surface area contributed by atoms with E-state index in [1.807, 2.05) is 32.6 Å². The van der Waals surface area contributed by atoms with Gasteiger partial charge in [-0.05, 0) is 47.0 Å². The zero-order valence-corrected chi connectivity index (χ0v) is 20.6. The third-order valence-corrected chi connectivity index (χ3v) is 4.08. The van der Waals surface area contributed by atoms with E-state index in [0.717, 1.165) is 12.8 Å². The van der Waals surface area contributed by atoms with Gasteiger partial charge in [-0.3, -0.25) is 4.99 Å². The fourth-order valence-electron chi connectivity index (χ4n) is 2.78. The van der Waals surface area contributed by atoms with Crippen LogP contribution in [0.3, 0.4) is 0 Å². The predicted molar refractivity (Wildman–Crippen MR) is 121 cm³/mol. The molecule has 1 amide bonds. The smallest absolute Gasteiger partial charge is 0.407 e. The number of rotatable bonds is 8. The van der Waals surface area contributed by atoms with Crippen molar-refractivity contribution in [1.82, 2.24) is 15.5 Å². The summed E-state index contributed by atoms with van der Waals surface area (Å²) in [4.78, 5) is 17.6. The second-order valence-corrected chi connectivity index (χ2v) is 7.94. The third kappa shape index (κ3) is 14.1. The first-order chi connectivity index (χ1) is 13.5. The number of aliphatic imine (C=N–C) groups is 1. The Kier molecular flexibility index (Phi) is 13.7. The number of halogens is 4. The van der Waals surface area contributed by atoms with Crippen molar-refractivity contribution in [2.45, 2.75) is 71.3 Å². The van der Waals surface area contributed by atoms with Gasteiger partial charge in [0.25, 0.3) is 0 Å². The van der Waals surface area contributed by atoms with E-state index in [9.17, 15) is 18.0 Å². The number of alkyl halides is 3. The van der Waals surface area contributed by atoms with Gasteiger partial charge in [0.15, 0.2) is 5.96 Å². The highest BCUT2D eigenvalue weighted by atomic mass is 127. The highest BCUT2D eigenvalue weighted by Crippen LogP contribution is 2.19. The highest BCUT2D eigenvalue weighted by molar-refractivity contribution is 14.0. The molecule has 1 heterocycles. The zero-order valence-electron chi connectivity index (χ0n) is 18.3. The normalized spacial score (nSPS) is 16.1. The molecule has 1 fully saturated rings. The number of guanidine groups is 1. The number of ether oxygens (including phenoxy) is 2. The molecule has 0 spiro atoms. The molecule has 0 aromatic carbocycles.